The van der Waals surface area contributed by atoms with Gasteiger partial charge in [0.25, 0.3) is 11.8 Å². The van der Waals surface area contributed by atoms with E-state index in [1.807, 2.05) is 19.2 Å². The van der Waals surface area contributed by atoms with Gasteiger partial charge < -0.3 is 20.4 Å². The maximum Gasteiger partial charge on any atom is 0.261 e. The summed E-state index contributed by atoms with van der Waals surface area (Å²) in [5.41, 5.74) is 7.33. The highest BCUT2D eigenvalue weighted by Crippen LogP contribution is 2.17. The van der Waals surface area contributed by atoms with Crippen LogP contribution in [0.4, 0.5) is 0 Å². The van der Waals surface area contributed by atoms with Crippen molar-refractivity contribution in [3.05, 3.63) is 35.4 Å². The first-order valence-electron chi connectivity index (χ1n) is 8.56. The number of likely N-dealkylation sites (N-methyl/N-ethyl adjacent to an activating group) is 2. The van der Waals surface area contributed by atoms with Gasteiger partial charge in [0.05, 0.1) is 5.71 Å². The molecule has 1 aliphatic heterocycles. The number of carbonyl (C=O) groups excluding carboxylic acids is 2. The Morgan fingerprint density at radius 2 is 1.84 bits per heavy atom. The molecule has 0 aliphatic carbocycles. The molecule has 0 bridgehead atoms. The third-order valence-electron chi connectivity index (χ3n) is 4.44. The number of primary amides is 1. The molecule has 25 heavy (non-hydrogen) atoms. The van der Waals surface area contributed by atoms with E-state index in [0.717, 1.165) is 25.2 Å². The highest BCUT2D eigenvalue weighted by molar-refractivity contribution is 6.04. The van der Waals surface area contributed by atoms with E-state index < -0.39 is 12.0 Å². The Balaban J connectivity index is 1.95. The van der Waals surface area contributed by atoms with Crippen LogP contribution in [0.1, 0.15) is 36.2 Å². The summed E-state index contributed by atoms with van der Waals surface area (Å²) in [5.74, 6) is -0.543. The average molecular weight is 346 g/mol. The van der Waals surface area contributed by atoms with Crippen molar-refractivity contribution >= 4 is 17.5 Å². The summed E-state index contributed by atoms with van der Waals surface area (Å²) in [4.78, 5) is 32.6. The van der Waals surface area contributed by atoms with E-state index in [9.17, 15) is 9.59 Å². The lowest BCUT2D eigenvalue weighted by Gasteiger charge is -2.23. The maximum absolute atomic E-state index is 12.5. The van der Waals surface area contributed by atoms with Gasteiger partial charge in [-0.15, -0.1) is 0 Å². The largest absolute Gasteiger partial charge is 0.382 e. The number of nitrogens with zero attached hydrogens (tertiary/aromatic N) is 3. The minimum Gasteiger partial charge on any atom is -0.382 e. The Morgan fingerprint density at radius 3 is 2.36 bits per heavy atom. The van der Waals surface area contributed by atoms with Gasteiger partial charge in [0, 0.05) is 32.1 Å². The smallest absolute Gasteiger partial charge is 0.261 e. The zero-order valence-electron chi connectivity index (χ0n) is 15.1. The standard InChI is InChI=1S/C18H26N4O3/c1-4-22(5-2)11-10-21(3)18(24)14-8-6-13(7-9-14)15-12-16(17(19)23)25-20-15/h6-9,16H,4-5,10-12H2,1-3H3,(H2,19,23). The molecule has 2 rings (SSSR count). The molecule has 0 spiro atoms. The van der Waals surface area contributed by atoms with Gasteiger partial charge in [-0.05, 0) is 30.8 Å². The monoisotopic (exact) mass is 346 g/mol. The molecule has 0 radical (unpaired) electrons. The third kappa shape index (κ3) is 4.79. The van der Waals surface area contributed by atoms with E-state index in [2.05, 4.69) is 23.9 Å². The zero-order chi connectivity index (χ0) is 18.4. The minimum atomic E-state index is -0.706. The Hall–Kier alpha value is -2.41. The van der Waals surface area contributed by atoms with Crippen LogP contribution in [0.15, 0.2) is 29.4 Å². The first-order valence-corrected chi connectivity index (χ1v) is 8.56. The first-order chi connectivity index (χ1) is 12.0. The van der Waals surface area contributed by atoms with Gasteiger partial charge in [0.1, 0.15) is 0 Å². The normalized spacial score (nSPS) is 16.5. The molecule has 0 saturated heterocycles. The fourth-order valence-corrected chi connectivity index (χ4v) is 2.66. The Kier molecular flexibility index (Phi) is 6.52. The van der Waals surface area contributed by atoms with Gasteiger partial charge >= 0.3 is 0 Å². The Labute approximate surface area is 148 Å². The molecule has 136 valence electrons. The molecule has 0 fully saturated rings. The zero-order valence-corrected chi connectivity index (χ0v) is 15.1. The van der Waals surface area contributed by atoms with Crippen LogP contribution >= 0.6 is 0 Å². The number of oxime groups is 1. The fourth-order valence-electron chi connectivity index (χ4n) is 2.66. The maximum atomic E-state index is 12.5. The fraction of sp³-hybridized carbons (Fsp3) is 0.500. The Bertz CT molecular complexity index is 638. The van der Waals surface area contributed by atoms with Crippen LogP contribution < -0.4 is 5.73 Å². The third-order valence-corrected chi connectivity index (χ3v) is 4.44. The summed E-state index contributed by atoms with van der Waals surface area (Å²) in [6, 6.07) is 7.17. The molecule has 2 N–H and O–H groups in total. The molecule has 1 unspecified atom stereocenters. The second kappa shape index (κ2) is 8.62. The number of hydrogen-bond donors (Lipinski definition) is 1. The summed E-state index contributed by atoms with van der Waals surface area (Å²) >= 11 is 0. The lowest BCUT2D eigenvalue weighted by molar-refractivity contribution is -0.127. The van der Waals surface area contributed by atoms with Crippen molar-refractivity contribution < 1.29 is 14.4 Å². The second-order valence-electron chi connectivity index (χ2n) is 6.07. The molecular formula is C18H26N4O3. The second-order valence-corrected chi connectivity index (χ2v) is 6.07. The first kappa shape index (κ1) is 18.9. The molecule has 1 aromatic rings. The van der Waals surface area contributed by atoms with Crippen LogP contribution in [0.3, 0.4) is 0 Å². The van der Waals surface area contributed by atoms with Crippen molar-refractivity contribution in [1.29, 1.82) is 0 Å². The van der Waals surface area contributed by atoms with Crippen molar-refractivity contribution in [3.8, 4) is 0 Å². The van der Waals surface area contributed by atoms with Gasteiger partial charge in [-0.2, -0.15) is 0 Å². The van der Waals surface area contributed by atoms with Gasteiger partial charge in [0.2, 0.25) is 6.10 Å². The highest BCUT2D eigenvalue weighted by Gasteiger charge is 2.26. The highest BCUT2D eigenvalue weighted by atomic mass is 16.6. The predicted octanol–water partition coefficient (Wildman–Crippen LogP) is 1.08. The van der Waals surface area contributed by atoms with Gasteiger partial charge in [-0.3, -0.25) is 9.59 Å². The van der Waals surface area contributed by atoms with E-state index >= 15 is 0 Å². The van der Waals surface area contributed by atoms with Crippen LogP contribution in [-0.4, -0.2) is 66.7 Å². The SMILES string of the molecule is CCN(CC)CCN(C)C(=O)c1ccc(C2=NOC(C(N)=O)C2)cc1. The van der Waals surface area contributed by atoms with E-state index in [4.69, 9.17) is 10.6 Å². The van der Waals surface area contributed by atoms with Crippen molar-refractivity contribution in [1.82, 2.24) is 9.80 Å². The van der Waals surface area contributed by atoms with Crippen molar-refractivity contribution in [2.24, 2.45) is 10.9 Å². The van der Waals surface area contributed by atoms with E-state index in [0.29, 0.717) is 24.2 Å². The summed E-state index contributed by atoms with van der Waals surface area (Å²) in [5, 5.41) is 3.90. The molecule has 7 heteroatoms. The summed E-state index contributed by atoms with van der Waals surface area (Å²) in [6.45, 7) is 7.72. The molecule has 1 heterocycles. The number of rotatable bonds is 8. The molecule has 1 aliphatic rings. The molecule has 0 saturated carbocycles. The average Bonchev–Trinajstić information content (AvgIpc) is 3.12. The van der Waals surface area contributed by atoms with Crippen LogP contribution in [0.5, 0.6) is 0 Å². The molecule has 1 atom stereocenters. The van der Waals surface area contributed by atoms with Gasteiger partial charge in [0.15, 0.2) is 0 Å². The van der Waals surface area contributed by atoms with E-state index in [-0.39, 0.29) is 5.91 Å². The molecule has 0 aromatic heterocycles. The van der Waals surface area contributed by atoms with Gasteiger partial charge in [-0.25, -0.2) is 0 Å². The molecular weight excluding hydrogens is 320 g/mol. The van der Waals surface area contributed by atoms with Crippen LogP contribution in [-0.2, 0) is 9.63 Å². The van der Waals surface area contributed by atoms with Gasteiger partial charge in [-0.1, -0.05) is 31.1 Å². The topological polar surface area (TPSA) is 88.2 Å². The van der Waals surface area contributed by atoms with Crippen LogP contribution in [0, 0.1) is 0 Å². The number of carbonyl (C=O) groups is 2. The van der Waals surface area contributed by atoms with Crippen LogP contribution in [0.2, 0.25) is 0 Å². The molecule has 1 aromatic carbocycles. The van der Waals surface area contributed by atoms with E-state index in [1.54, 1.807) is 17.0 Å². The quantitative estimate of drug-likeness (QED) is 0.763. The van der Waals surface area contributed by atoms with Crippen molar-refractivity contribution in [2.75, 3.05) is 33.2 Å². The van der Waals surface area contributed by atoms with Crippen LogP contribution in [0.25, 0.3) is 0 Å². The summed E-state index contributed by atoms with van der Waals surface area (Å²) < 4.78 is 0. The lowest BCUT2D eigenvalue weighted by Crippen LogP contribution is -2.36. The lowest BCUT2D eigenvalue weighted by atomic mass is 10.0. The summed E-state index contributed by atoms with van der Waals surface area (Å²) in [7, 11) is 1.81. The number of benzene rings is 1. The number of hydrogen-bond acceptors (Lipinski definition) is 5. The van der Waals surface area contributed by atoms with E-state index in [1.165, 1.54) is 0 Å². The molecule has 7 nitrogen and oxygen atoms in total. The Morgan fingerprint density at radius 1 is 1.20 bits per heavy atom. The minimum absolute atomic E-state index is 0.0154. The number of amides is 2. The van der Waals surface area contributed by atoms with Crippen molar-refractivity contribution in [3.63, 3.8) is 0 Å². The predicted molar refractivity (Wildman–Crippen MR) is 96.4 cm³/mol. The van der Waals surface area contributed by atoms with Crippen molar-refractivity contribution in [2.45, 2.75) is 26.4 Å². The molecule has 2 amide bonds. The summed E-state index contributed by atoms with van der Waals surface area (Å²) in [6.07, 6.45) is -0.352. The number of nitrogens with two attached hydrogens (primary N) is 1.